The van der Waals surface area contributed by atoms with Crippen molar-refractivity contribution in [2.24, 2.45) is 0 Å². The van der Waals surface area contributed by atoms with Crippen LogP contribution in [0.25, 0.3) is 11.0 Å². The number of carbonyl (C=O) groups excluding carboxylic acids is 1. The zero-order valence-electron chi connectivity index (χ0n) is 19.5. The van der Waals surface area contributed by atoms with Crippen LogP contribution in [-0.4, -0.2) is 32.7 Å². The molecule has 0 saturated heterocycles. The van der Waals surface area contributed by atoms with E-state index in [0.29, 0.717) is 41.8 Å². The molecule has 2 heterocycles. The zero-order valence-corrected chi connectivity index (χ0v) is 20.3. The number of ether oxygens (including phenoxy) is 2. The highest BCUT2D eigenvalue weighted by atomic mass is 35.5. The Hall–Kier alpha value is -4.30. The summed E-state index contributed by atoms with van der Waals surface area (Å²) in [6.45, 7) is 2.70. The summed E-state index contributed by atoms with van der Waals surface area (Å²) in [5.74, 6) is 1.79. The number of nitrogens with one attached hydrogen (secondary N) is 3. The Morgan fingerprint density at radius 2 is 1.72 bits per heavy atom. The maximum absolute atomic E-state index is 12.1. The number of aromatic nitrogens is 4. The van der Waals surface area contributed by atoms with Crippen LogP contribution in [0.15, 0.2) is 72.9 Å². The summed E-state index contributed by atoms with van der Waals surface area (Å²) in [6.07, 6.45) is 2.02. The van der Waals surface area contributed by atoms with Gasteiger partial charge in [-0.1, -0.05) is 29.8 Å². The molecule has 5 rings (SSSR count). The van der Waals surface area contributed by atoms with Gasteiger partial charge >= 0.3 is 5.97 Å². The third-order valence-electron chi connectivity index (χ3n) is 5.57. The van der Waals surface area contributed by atoms with E-state index in [0.717, 1.165) is 33.7 Å². The van der Waals surface area contributed by atoms with Gasteiger partial charge in [0, 0.05) is 18.0 Å². The lowest BCUT2D eigenvalue weighted by Crippen LogP contribution is -2.07. The van der Waals surface area contributed by atoms with E-state index in [1.54, 1.807) is 19.1 Å². The third-order valence-corrected chi connectivity index (χ3v) is 5.83. The second kappa shape index (κ2) is 10.5. The highest BCUT2D eigenvalue weighted by Gasteiger charge is 2.15. The SMILES string of the molecule is CCOC(=O)c1cn[nH]c1Cc1ccc2nc(NCc3ccc(Oc4ccc(Cl)cc4)cc3)[nH]c2c1. The summed E-state index contributed by atoms with van der Waals surface area (Å²) >= 11 is 5.92. The van der Waals surface area contributed by atoms with Crippen LogP contribution >= 0.6 is 11.6 Å². The molecule has 0 amide bonds. The average molecular weight is 502 g/mol. The highest BCUT2D eigenvalue weighted by Crippen LogP contribution is 2.24. The molecule has 182 valence electrons. The minimum Gasteiger partial charge on any atom is -0.462 e. The lowest BCUT2D eigenvalue weighted by atomic mass is 10.1. The quantitative estimate of drug-likeness (QED) is 0.210. The van der Waals surface area contributed by atoms with Crippen molar-refractivity contribution in [1.29, 1.82) is 0 Å². The lowest BCUT2D eigenvalue weighted by Gasteiger charge is -2.07. The van der Waals surface area contributed by atoms with E-state index in [-0.39, 0.29) is 5.97 Å². The first-order valence-corrected chi connectivity index (χ1v) is 11.9. The number of hydrogen-bond donors (Lipinski definition) is 3. The summed E-state index contributed by atoms with van der Waals surface area (Å²) in [6, 6.07) is 21.1. The smallest absolute Gasteiger partial charge is 0.341 e. The normalized spacial score (nSPS) is 10.9. The minimum absolute atomic E-state index is 0.320. The van der Waals surface area contributed by atoms with E-state index < -0.39 is 0 Å². The number of benzene rings is 3. The fourth-order valence-corrected chi connectivity index (χ4v) is 3.91. The molecule has 3 aromatic carbocycles. The third kappa shape index (κ3) is 5.50. The van der Waals surface area contributed by atoms with E-state index >= 15 is 0 Å². The number of esters is 1. The Kier molecular flexibility index (Phi) is 6.86. The molecule has 9 heteroatoms. The number of halogens is 1. The number of hydrogen-bond acceptors (Lipinski definition) is 6. The Labute approximate surface area is 212 Å². The van der Waals surface area contributed by atoms with Crippen LogP contribution < -0.4 is 10.1 Å². The molecule has 3 N–H and O–H groups in total. The fourth-order valence-electron chi connectivity index (χ4n) is 3.79. The number of nitrogens with zero attached hydrogens (tertiary/aromatic N) is 2. The minimum atomic E-state index is -0.375. The van der Waals surface area contributed by atoms with Crippen LogP contribution in [0.2, 0.25) is 5.02 Å². The summed E-state index contributed by atoms with van der Waals surface area (Å²) in [7, 11) is 0. The first-order valence-electron chi connectivity index (χ1n) is 11.5. The van der Waals surface area contributed by atoms with Crippen LogP contribution in [-0.2, 0) is 17.7 Å². The van der Waals surface area contributed by atoms with Crippen molar-refractivity contribution in [2.75, 3.05) is 11.9 Å². The number of fused-ring (bicyclic) bond motifs is 1. The number of anilines is 1. The number of imidazole rings is 1. The molecule has 0 saturated carbocycles. The monoisotopic (exact) mass is 501 g/mol. The van der Waals surface area contributed by atoms with Gasteiger partial charge in [-0.15, -0.1) is 0 Å². The highest BCUT2D eigenvalue weighted by molar-refractivity contribution is 6.30. The molecule has 0 atom stereocenters. The van der Waals surface area contributed by atoms with Crippen molar-refractivity contribution in [3.8, 4) is 11.5 Å². The Morgan fingerprint density at radius 3 is 2.47 bits per heavy atom. The molecule has 0 aliphatic carbocycles. The van der Waals surface area contributed by atoms with Crippen molar-refractivity contribution in [1.82, 2.24) is 20.2 Å². The predicted molar refractivity (Wildman–Crippen MR) is 139 cm³/mol. The molecular weight excluding hydrogens is 478 g/mol. The first-order chi connectivity index (χ1) is 17.6. The van der Waals surface area contributed by atoms with Crippen molar-refractivity contribution in [2.45, 2.75) is 19.9 Å². The number of carbonyl (C=O) groups is 1. The standard InChI is InChI=1S/C27H24ClN5O3/c1-2-35-26(34)22-16-30-33-24(22)13-18-5-12-23-25(14-18)32-27(31-23)29-15-17-3-8-20(9-4-17)36-21-10-6-19(28)7-11-21/h3-12,14,16H,2,13,15H2,1H3,(H,30,33)(H2,29,31,32). The van der Waals surface area contributed by atoms with Gasteiger partial charge in [0.1, 0.15) is 17.1 Å². The second-order valence-corrected chi connectivity index (χ2v) is 8.59. The Balaban J connectivity index is 1.21. The molecule has 5 aromatic rings. The van der Waals surface area contributed by atoms with Gasteiger partial charge in [0.15, 0.2) is 0 Å². The molecule has 36 heavy (non-hydrogen) atoms. The molecule has 2 aromatic heterocycles. The van der Waals surface area contributed by atoms with E-state index in [1.807, 2.05) is 54.6 Å². The molecule has 0 bridgehead atoms. The number of rotatable bonds is 9. The van der Waals surface area contributed by atoms with Gasteiger partial charge in [0.2, 0.25) is 5.95 Å². The van der Waals surface area contributed by atoms with Gasteiger partial charge in [-0.3, -0.25) is 5.10 Å². The van der Waals surface area contributed by atoms with Crippen LogP contribution in [0.3, 0.4) is 0 Å². The topological polar surface area (TPSA) is 105 Å². The van der Waals surface area contributed by atoms with Crippen molar-refractivity contribution in [3.63, 3.8) is 0 Å². The van der Waals surface area contributed by atoms with Crippen LogP contribution in [0.5, 0.6) is 11.5 Å². The zero-order chi connectivity index (χ0) is 24.9. The number of H-pyrrole nitrogens is 2. The van der Waals surface area contributed by atoms with Crippen LogP contribution in [0.1, 0.15) is 34.1 Å². The van der Waals surface area contributed by atoms with Gasteiger partial charge in [-0.25, -0.2) is 9.78 Å². The molecule has 8 nitrogen and oxygen atoms in total. The first kappa shape index (κ1) is 23.4. The summed E-state index contributed by atoms with van der Waals surface area (Å²) in [4.78, 5) is 20.1. The van der Waals surface area contributed by atoms with Gasteiger partial charge in [0.25, 0.3) is 0 Å². The Morgan fingerprint density at radius 1 is 1.00 bits per heavy atom. The average Bonchev–Trinajstić information content (AvgIpc) is 3.51. The van der Waals surface area contributed by atoms with Crippen LogP contribution in [0.4, 0.5) is 5.95 Å². The van der Waals surface area contributed by atoms with Gasteiger partial charge in [-0.2, -0.15) is 5.10 Å². The van der Waals surface area contributed by atoms with Gasteiger partial charge < -0.3 is 19.8 Å². The van der Waals surface area contributed by atoms with Gasteiger partial charge in [0.05, 0.1) is 29.5 Å². The second-order valence-electron chi connectivity index (χ2n) is 8.15. The molecule has 0 unspecified atom stereocenters. The van der Waals surface area contributed by atoms with Crippen molar-refractivity contribution in [3.05, 3.63) is 100 Å². The van der Waals surface area contributed by atoms with Crippen molar-refractivity contribution >= 4 is 34.6 Å². The summed E-state index contributed by atoms with van der Waals surface area (Å²) < 4.78 is 10.9. The fraction of sp³-hybridized carbons (Fsp3) is 0.148. The van der Waals surface area contributed by atoms with Crippen LogP contribution in [0, 0.1) is 0 Å². The molecule has 0 fully saturated rings. The molecule has 0 aliphatic heterocycles. The van der Waals surface area contributed by atoms with E-state index in [2.05, 4.69) is 25.5 Å². The molecular formula is C27H24ClN5O3. The van der Waals surface area contributed by atoms with E-state index in [1.165, 1.54) is 6.20 Å². The maximum Gasteiger partial charge on any atom is 0.341 e. The molecule has 0 spiro atoms. The van der Waals surface area contributed by atoms with Crippen molar-refractivity contribution < 1.29 is 14.3 Å². The largest absolute Gasteiger partial charge is 0.462 e. The van der Waals surface area contributed by atoms with Gasteiger partial charge in [-0.05, 0) is 66.6 Å². The predicted octanol–water partition coefficient (Wildman–Crippen LogP) is 6.11. The lowest BCUT2D eigenvalue weighted by molar-refractivity contribution is 0.0525. The summed E-state index contributed by atoms with van der Waals surface area (Å²) in [5, 5.41) is 10.9. The summed E-state index contributed by atoms with van der Waals surface area (Å²) in [5.41, 5.74) is 5.03. The Bertz CT molecular complexity index is 1480. The maximum atomic E-state index is 12.1. The van der Waals surface area contributed by atoms with E-state index in [4.69, 9.17) is 21.1 Å². The number of aromatic amines is 2. The molecule has 0 aliphatic rings. The molecule has 0 radical (unpaired) electrons. The van der Waals surface area contributed by atoms with E-state index in [9.17, 15) is 4.79 Å².